The standard InChI is InChI=1S/C8H10O2/c1-9-7-4-3-5-8(6-7)10-2/h3-6,9H,1H2,2H3. The Morgan fingerprint density at radius 1 is 1.50 bits per heavy atom. The molecule has 2 nitrogen and oxygen atoms in total. The predicted octanol–water partition coefficient (Wildman–Crippen LogP) is 1.73. The van der Waals surface area contributed by atoms with Crippen molar-refractivity contribution in [1.29, 1.82) is 0 Å². The van der Waals surface area contributed by atoms with Crippen molar-refractivity contribution in [3.05, 3.63) is 31.4 Å². The van der Waals surface area contributed by atoms with Crippen molar-refractivity contribution in [1.82, 2.24) is 0 Å². The van der Waals surface area contributed by atoms with Crippen LogP contribution in [0.5, 0.6) is 11.5 Å². The first-order valence-electron chi connectivity index (χ1n) is 2.97. The second-order valence-corrected chi connectivity index (χ2v) is 1.86. The van der Waals surface area contributed by atoms with E-state index in [9.17, 15) is 0 Å². The number of methoxy groups -OCH3 is 1. The van der Waals surface area contributed by atoms with E-state index in [-0.39, 0.29) is 0 Å². The van der Waals surface area contributed by atoms with E-state index in [0.717, 1.165) is 11.5 Å². The fourth-order valence-corrected chi connectivity index (χ4v) is 0.709. The first-order valence-corrected chi connectivity index (χ1v) is 2.97. The van der Waals surface area contributed by atoms with Crippen molar-refractivity contribution in [3.63, 3.8) is 0 Å². The van der Waals surface area contributed by atoms with Crippen LogP contribution >= 0.6 is 0 Å². The van der Waals surface area contributed by atoms with E-state index < -0.39 is 0 Å². The minimum atomic E-state index is 0.810. The maximum absolute atomic E-state index is 4.97. The third kappa shape index (κ3) is 1.41. The molecule has 54 valence electrons. The zero-order valence-corrected chi connectivity index (χ0v) is 5.87. The summed E-state index contributed by atoms with van der Waals surface area (Å²) in [6.07, 6.45) is 0. The van der Waals surface area contributed by atoms with E-state index in [1.165, 1.54) is 0 Å². The Hall–Kier alpha value is -1.18. The molecule has 0 atom stereocenters. The molecular formula is C8H10O2. The van der Waals surface area contributed by atoms with Gasteiger partial charge in [-0.2, -0.15) is 0 Å². The minimum Gasteiger partial charge on any atom is -0.722 e. The average molecular weight is 138 g/mol. The molecule has 10 heavy (non-hydrogen) atoms. The maximum atomic E-state index is 4.97. The Labute approximate surface area is 60.4 Å². The number of ether oxygens (including phenoxy) is 2. The van der Waals surface area contributed by atoms with Crippen LogP contribution in [0.25, 0.3) is 0 Å². The van der Waals surface area contributed by atoms with Crippen molar-refractivity contribution >= 4 is 0 Å². The van der Waals surface area contributed by atoms with E-state index in [1.807, 2.05) is 24.3 Å². The van der Waals surface area contributed by atoms with Crippen LogP contribution in [0.1, 0.15) is 0 Å². The van der Waals surface area contributed by atoms with Crippen LogP contribution in [-0.2, 0) is 0 Å². The molecule has 1 rings (SSSR count). The van der Waals surface area contributed by atoms with Crippen LogP contribution in [0.4, 0.5) is 0 Å². The Morgan fingerprint density at radius 2 is 2.30 bits per heavy atom. The maximum Gasteiger partial charge on any atom is 0.229 e. The van der Waals surface area contributed by atoms with Crippen LogP contribution in [0, 0.1) is 7.11 Å². The second kappa shape index (κ2) is 3.11. The summed E-state index contributed by atoms with van der Waals surface area (Å²) in [4.78, 5) is 0. The molecule has 1 aromatic carbocycles. The molecular weight excluding hydrogens is 128 g/mol. The van der Waals surface area contributed by atoms with Gasteiger partial charge in [-0.3, -0.25) is 0 Å². The highest BCUT2D eigenvalue weighted by Crippen LogP contribution is 2.18. The van der Waals surface area contributed by atoms with Crippen LogP contribution in [0.3, 0.4) is 0 Å². The Bertz CT molecular complexity index is 189. The number of aliphatic hydroxyl groups is 1. The fourth-order valence-electron chi connectivity index (χ4n) is 0.709. The lowest BCUT2D eigenvalue weighted by Crippen LogP contribution is -1.81. The minimum absolute atomic E-state index is 0.810. The lowest BCUT2D eigenvalue weighted by molar-refractivity contribution is 0.185. The zero-order chi connectivity index (χ0) is 7.40. The van der Waals surface area contributed by atoms with Gasteiger partial charge < -0.3 is 9.47 Å². The Balaban J connectivity index is 2.87. The SMILES string of the molecule is [CH2-][OH+]c1cccc(OC)c1. The van der Waals surface area contributed by atoms with Crippen LogP contribution < -0.4 is 4.74 Å². The Morgan fingerprint density at radius 3 is 2.90 bits per heavy atom. The molecule has 0 aliphatic heterocycles. The van der Waals surface area contributed by atoms with Gasteiger partial charge in [-0.1, -0.05) is 0 Å². The molecule has 0 amide bonds. The summed E-state index contributed by atoms with van der Waals surface area (Å²) in [5.41, 5.74) is 0. The van der Waals surface area contributed by atoms with Gasteiger partial charge in [-0.15, -0.1) is 0 Å². The van der Waals surface area contributed by atoms with Gasteiger partial charge in [-0.25, -0.2) is 0 Å². The molecule has 0 bridgehead atoms. The summed E-state index contributed by atoms with van der Waals surface area (Å²) < 4.78 is 8.72. The quantitative estimate of drug-likeness (QED) is 0.450. The highest BCUT2D eigenvalue weighted by molar-refractivity contribution is 5.32. The van der Waals surface area contributed by atoms with Crippen molar-refractivity contribution in [2.75, 3.05) is 7.11 Å². The number of rotatable bonds is 2. The van der Waals surface area contributed by atoms with Gasteiger partial charge in [-0.05, 0) is 19.2 Å². The molecule has 0 unspecified atom stereocenters. The molecule has 1 N–H and O–H groups in total. The van der Waals surface area contributed by atoms with Gasteiger partial charge in [0.05, 0.1) is 13.2 Å². The van der Waals surface area contributed by atoms with Gasteiger partial charge >= 0.3 is 0 Å². The van der Waals surface area contributed by atoms with Gasteiger partial charge in [0.15, 0.2) is 0 Å². The topological polar surface area (TPSA) is 22.0 Å². The largest absolute Gasteiger partial charge is 0.722 e. The van der Waals surface area contributed by atoms with E-state index in [2.05, 4.69) is 11.8 Å². The highest BCUT2D eigenvalue weighted by atomic mass is 16.5. The highest BCUT2D eigenvalue weighted by Gasteiger charge is 1.93. The normalized spacial score (nSPS) is 9.00. The Kier molecular flexibility index (Phi) is 2.15. The fraction of sp³-hybridized carbons (Fsp3) is 0.125. The number of benzene rings is 1. The van der Waals surface area contributed by atoms with Gasteiger partial charge in [0, 0.05) is 6.07 Å². The number of hydrogen-bond acceptors (Lipinski definition) is 1. The van der Waals surface area contributed by atoms with E-state index in [1.54, 1.807) is 7.11 Å². The van der Waals surface area contributed by atoms with E-state index >= 15 is 0 Å². The molecule has 0 aliphatic carbocycles. The molecule has 0 radical (unpaired) electrons. The monoisotopic (exact) mass is 138 g/mol. The van der Waals surface area contributed by atoms with Crippen molar-refractivity contribution < 1.29 is 9.47 Å². The van der Waals surface area contributed by atoms with Crippen LogP contribution in [0.2, 0.25) is 0 Å². The molecule has 1 aromatic rings. The van der Waals surface area contributed by atoms with E-state index in [0.29, 0.717) is 0 Å². The molecule has 0 spiro atoms. The molecule has 0 aliphatic rings. The summed E-state index contributed by atoms with van der Waals surface area (Å²) in [5.74, 6) is 1.64. The van der Waals surface area contributed by atoms with Crippen molar-refractivity contribution in [2.24, 2.45) is 0 Å². The van der Waals surface area contributed by atoms with Crippen LogP contribution in [0.15, 0.2) is 24.3 Å². The van der Waals surface area contributed by atoms with Gasteiger partial charge in [0.25, 0.3) is 0 Å². The molecule has 0 aromatic heterocycles. The number of hydrogen-bond donors (Lipinski definition) is 0. The molecule has 0 saturated carbocycles. The first-order chi connectivity index (χ1) is 4.86. The lowest BCUT2D eigenvalue weighted by Gasteiger charge is -2.03. The smallest absolute Gasteiger partial charge is 0.229 e. The average Bonchev–Trinajstić information content (AvgIpc) is 2.05. The third-order valence-electron chi connectivity index (χ3n) is 1.24. The predicted molar refractivity (Wildman–Crippen MR) is 40.0 cm³/mol. The third-order valence-corrected chi connectivity index (χ3v) is 1.24. The lowest BCUT2D eigenvalue weighted by atomic mass is 10.3. The summed E-state index contributed by atoms with van der Waals surface area (Å²) in [6.45, 7) is 0. The molecule has 2 heteroatoms. The summed E-state index contributed by atoms with van der Waals surface area (Å²) in [6, 6.07) is 7.44. The molecule has 0 fully saturated rings. The summed E-state index contributed by atoms with van der Waals surface area (Å²) in [7, 11) is 5.03. The summed E-state index contributed by atoms with van der Waals surface area (Å²) >= 11 is 0. The molecule has 0 heterocycles. The zero-order valence-electron chi connectivity index (χ0n) is 5.87. The van der Waals surface area contributed by atoms with E-state index in [4.69, 9.17) is 4.74 Å². The first kappa shape index (κ1) is 6.93. The van der Waals surface area contributed by atoms with Gasteiger partial charge in [0.2, 0.25) is 5.75 Å². The van der Waals surface area contributed by atoms with Crippen molar-refractivity contribution in [3.8, 4) is 11.5 Å². The summed E-state index contributed by atoms with van der Waals surface area (Å²) in [5, 5.41) is 0. The second-order valence-electron chi connectivity index (χ2n) is 1.86. The van der Waals surface area contributed by atoms with Gasteiger partial charge in [0.1, 0.15) is 5.75 Å². The number of aromatic hydroxyl groups is 1. The molecule has 0 saturated heterocycles. The van der Waals surface area contributed by atoms with Crippen LogP contribution in [-0.4, -0.2) is 11.8 Å². The van der Waals surface area contributed by atoms with Crippen molar-refractivity contribution in [2.45, 2.75) is 0 Å².